The number of aromatic nitrogens is 3. The molecule has 2 N–H and O–H groups in total. The maximum Gasteiger partial charge on any atom is 0.250 e. The Bertz CT molecular complexity index is 1360. The molecule has 0 spiro atoms. The smallest absolute Gasteiger partial charge is 0.250 e. The van der Waals surface area contributed by atoms with E-state index in [1.165, 1.54) is 30.1 Å². The number of hydrogen-bond acceptors (Lipinski definition) is 6. The number of carbonyl (C=O) groups is 1. The van der Waals surface area contributed by atoms with E-state index in [4.69, 9.17) is 23.2 Å². The molecule has 0 bridgehead atoms. The molecule has 0 aliphatic heterocycles. The molecule has 3 aromatic carbocycles. The predicted octanol–water partition coefficient (Wildman–Crippen LogP) is 5.95. The first-order valence-electron chi connectivity index (χ1n) is 9.82. The fraction of sp³-hybridized carbons (Fsp3) is 0.0435. The van der Waals surface area contributed by atoms with Gasteiger partial charge in [0, 0.05) is 26.3 Å². The van der Waals surface area contributed by atoms with Gasteiger partial charge in [0.15, 0.2) is 11.0 Å². The molecular formula is C23H16BrCl2N5O2S. The van der Waals surface area contributed by atoms with Crippen LogP contribution in [0.5, 0.6) is 5.75 Å². The fourth-order valence-corrected chi connectivity index (χ4v) is 4.66. The normalized spacial score (nSPS) is 11.1. The van der Waals surface area contributed by atoms with Crippen molar-refractivity contribution >= 4 is 63.0 Å². The van der Waals surface area contributed by atoms with Gasteiger partial charge in [-0.25, -0.2) is 5.43 Å². The Morgan fingerprint density at radius 2 is 1.91 bits per heavy atom. The van der Waals surface area contributed by atoms with Crippen LogP contribution in [0.25, 0.3) is 17.1 Å². The monoisotopic (exact) mass is 575 g/mol. The Morgan fingerprint density at radius 1 is 1.12 bits per heavy atom. The van der Waals surface area contributed by atoms with Crippen LogP contribution in [0, 0.1) is 0 Å². The Labute approximate surface area is 217 Å². The third kappa shape index (κ3) is 5.79. The van der Waals surface area contributed by atoms with Crippen molar-refractivity contribution in [2.45, 2.75) is 5.16 Å². The molecule has 0 saturated heterocycles. The Kier molecular flexibility index (Phi) is 7.89. The molecule has 0 aliphatic rings. The molecule has 4 rings (SSSR count). The van der Waals surface area contributed by atoms with Crippen LogP contribution < -0.4 is 5.43 Å². The molecule has 0 radical (unpaired) electrons. The minimum atomic E-state index is -0.361. The number of thioether (sulfide) groups is 1. The lowest BCUT2D eigenvalue weighted by Crippen LogP contribution is -2.20. The summed E-state index contributed by atoms with van der Waals surface area (Å²) in [7, 11) is 0. The first kappa shape index (κ1) is 24.3. The predicted molar refractivity (Wildman–Crippen MR) is 139 cm³/mol. The topological polar surface area (TPSA) is 92.4 Å². The molecule has 34 heavy (non-hydrogen) atoms. The number of halogens is 3. The van der Waals surface area contributed by atoms with E-state index in [9.17, 15) is 9.90 Å². The average Bonchev–Trinajstić information content (AvgIpc) is 3.25. The number of phenolic OH excluding ortho intramolecular Hbond substituents is 1. The quantitative estimate of drug-likeness (QED) is 0.161. The van der Waals surface area contributed by atoms with Gasteiger partial charge in [-0.05, 0) is 36.4 Å². The third-order valence-corrected chi connectivity index (χ3v) is 6.44. The lowest BCUT2D eigenvalue weighted by Gasteiger charge is -2.10. The van der Waals surface area contributed by atoms with E-state index in [1.807, 2.05) is 59.2 Å². The summed E-state index contributed by atoms with van der Waals surface area (Å²) in [6, 6.07) is 20.3. The molecular weight excluding hydrogens is 561 g/mol. The van der Waals surface area contributed by atoms with E-state index in [-0.39, 0.29) is 28.0 Å². The maximum atomic E-state index is 12.4. The van der Waals surface area contributed by atoms with E-state index < -0.39 is 0 Å². The lowest BCUT2D eigenvalue weighted by atomic mass is 10.2. The summed E-state index contributed by atoms with van der Waals surface area (Å²) in [6.07, 6.45) is 1.27. The molecule has 0 aliphatic carbocycles. The third-order valence-electron chi connectivity index (χ3n) is 4.51. The van der Waals surface area contributed by atoms with Gasteiger partial charge in [-0.3, -0.25) is 9.36 Å². The van der Waals surface area contributed by atoms with E-state index >= 15 is 0 Å². The van der Waals surface area contributed by atoms with Crippen molar-refractivity contribution in [2.75, 3.05) is 5.75 Å². The van der Waals surface area contributed by atoms with Gasteiger partial charge in [-0.15, -0.1) is 10.2 Å². The van der Waals surface area contributed by atoms with Crippen LogP contribution in [-0.2, 0) is 4.79 Å². The number of phenols is 1. The van der Waals surface area contributed by atoms with Crippen molar-refractivity contribution in [1.29, 1.82) is 0 Å². The maximum absolute atomic E-state index is 12.4. The van der Waals surface area contributed by atoms with Gasteiger partial charge in [0.1, 0.15) is 5.75 Å². The summed E-state index contributed by atoms with van der Waals surface area (Å²) in [6.45, 7) is 0. The first-order chi connectivity index (χ1) is 16.4. The van der Waals surface area contributed by atoms with E-state index in [0.717, 1.165) is 15.7 Å². The molecule has 0 unspecified atom stereocenters. The number of benzene rings is 3. The van der Waals surface area contributed by atoms with Gasteiger partial charge in [0.2, 0.25) is 0 Å². The van der Waals surface area contributed by atoms with Gasteiger partial charge < -0.3 is 5.11 Å². The molecule has 0 saturated carbocycles. The highest BCUT2D eigenvalue weighted by Gasteiger charge is 2.17. The number of hydrazone groups is 1. The van der Waals surface area contributed by atoms with Crippen molar-refractivity contribution in [1.82, 2.24) is 20.2 Å². The summed E-state index contributed by atoms with van der Waals surface area (Å²) in [4.78, 5) is 12.4. The Hall–Kier alpha value is -2.85. The van der Waals surface area contributed by atoms with Gasteiger partial charge in [-0.1, -0.05) is 81.2 Å². The van der Waals surface area contributed by atoms with Crippen LogP contribution in [0.15, 0.2) is 81.5 Å². The summed E-state index contributed by atoms with van der Waals surface area (Å²) >= 11 is 16.5. The number of nitrogens with one attached hydrogen (secondary N) is 1. The average molecular weight is 577 g/mol. The standard InChI is InChI=1S/C23H16BrCl2N5O2S/c24-16-6-4-5-14(9-16)22-29-30-23(31(22)18-7-2-1-3-8-18)34-13-20(32)28-27-12-15-10-17(25)11-19(26)21(15)33/h1-12,33H,13H2,(H,28,32)/b27-12-. The second kappa shape index (κ2) is 11.1. The SMILES string of the molecule is O=C(CSc1nnc(-c2cccc(Br)c2)n1-c1ccccc1)N/N=C\c1cc(Cl)cc(Cl)c1O. The van der Waals surface area contributed by atoms with E-state index in [0.29, 0.717) is 16.0 Å². The number of nitrogens with zero attached hydrogens (tertiary/aromatic N) is 4. The van der Waals surface area contributed by atoms with Gasteiger partial charge in [-0.2, -0.15) is 5.10 Å². The number of carbonyl (C=O) groups excluding carboxylic acids is 1. The molecule has 1 amide bonds. The van der Waals surface area contributed by atoms with Crippen molar-refractivity contribution in [3.8, 4) is 22.8 Å². The highest BCUT2D eigenvalue weighted by Crippen LogP contribution is 2.30. The second-order valence-corrected chi connectivity index (χ2v) is 9.60. The van der Waals surface area contributed by atoms with Crippen LogP contribution in [0.3, 0.4) is 0 Å². The van der Waals surface area contributed by atoms with Crippen LogP contribution in [0.4, 0.5) is 0 Å². The van der Waals surface area contributed by atoms with Crippen molar-refractivity contribution < 1.29 is 9.90 Å². The zero-order valence-electron chi connectivity index (χ0n) is 17.3. The summed E-state index contributed by atoms with van der Waals surface area (Å²) < 4.78 is 2.82. The second-order valence-electron chi connectivity index (χ2n) is 6.89. The lowest BCUT2D eigenvalue weighted by molar-refractivity contribution is -0.118. The molecule has 1 aromatic heterocycles. The van der Waals surface area contributed by atoms with Crippen molar-refractivity contribution in [3.05, 3.63) is 86.8 Å². The molecule has 4 aromatic rings. The molecule has 11 heteroatoms. The van der Waals surface area contributed by atoms with E-state index in [1.54, 1.807) is 0 Å². The molecule has 7 nitrogen and oxygen atoms in total. The van der Waals surface area contributed by atoms with Crippen molar-refractivity contribution in [3.63, 3.8) is 0 Å². The first-order valence-corrected chi connectivity index (χ1v) is 12.4. The van der Waals surface area contributed by atoms with Gasteiger partial charge >= 0.3 is 0 Å². The van der Waals surface area contributed by atoms with Crippen LogP contribution in [-0.4, -0.2) is 37.7 Å². The summed E-state index contributed by atoms with van der Waals surface area (Å²) in [5.74, 6) is 0.167. The minimum absolute atomic E-state index is 0.0447. The molecule has 0 fully saturated rings. The number of hydrogen-bond donors (Lipinski definition) is 2. The van der Waals surface area contributed by atoms with Crippen LogP contribution >= 0.6 is 50.9 Å². The van der Waals surface area contributed by atoms with E-state index in [2.05, 4.69) is 36.7 Å². The highest BCUT2D eigenvalue weighted by atomic mass is 79.9. The largest absolute Gasteiger partial charge is 0.506 e. The molecule has 1 heterocycles. The number of rotatable bonds is 7. The fourth-order valence-electron chi connectivity index (χ4n) is 3.01. The number of para-hydroxylation sites is 1. The Balaban J connectivity index is 1.50. The highest BCUT2D eigenvalue weighted by molar-refractivity contribution is 9.10. The summed E-state index contributed by atoms with van der Waals surface area (Å²) in [5.41, 5.74) is 4.46. The molecule has 0 atom stereocenters. The number of amides is 1. The summed E-state index contributed by atoms with van der Waals surface area (Å²) in [5, 5.41) is 23.5. The van der Waals surface area contributed by atoms with Gasteiger partial charge in [0.25, 0.3) is 5.91 Å². The molecule has 172 valence electrons. The van der Waals surface area contributed by atoms with Crippen LogP contribution in [0.1, 0.15) is 5.56 Å². The zero-order valence-corrected chi connectivity index (χ0v) is 21.2. The minimum Gasteiger partial charge on any atom is -0.506 e. The van der Waals surface area contributed by atoms with Gasteiger partial charge in [0.05, 0.1) is 17.0 Å². The Morgan fingerprint density at radius 3 is 2.68 bits per heavy atom. The zero-order chi connectivity index (χ0) is 24.1. The van der Waals surface area contributed by atoms with Crippen LogP contribution in [0.2, 0.25) is 10.0 Å². The van der Waals surface area contributed by atoms with Crippen molar-refractivity contribution in [2.24, 2.45) is 5.10 Å². The number of aromatic hydroxyl groups is 1.